The van der Waals surface area contributed by atoms with Crippen LogP contribution >= 0.6 is 11.6 Å². The van der Waals surface area contributed by atoms with Crippen LogP contribution in [0, 0.1) is 11.7 Å². The molecular formula is C21H24ClFN2O2. The fourth-order valence-corrected chi connectivity index (χ4v) is 3.43. The van der Waals surface area contributed by atoms with E-state index in [2.05, 4.69) is 10.2 Å². The van der Waals surface area contributed by atoms with Crippen molar-refractivity contribution in [2.45, 2.75) is 19.4 Å². The number of nitrogens with one attached hydrogen (secondary N) is 1. The Labute approximate surface area is 164 Å². The van der Waals surface area contributed by atoms with Crippen LogP contribution in [0.4, 0.5) is 4.39 Å². The smallest absolute Gasteiger partial charge is 0.223 e. The van der Waals surface area contributed by atoms with Crippen LogP contribution in [0.1, 0.15) is 18.4 Å². The Morgan fingerprint density at radius 2 is 1.85 bits per heavy atom. The summed E-state index contributed by atoms with van der Waals surface area (Å²) in [5.41, 5.74) is 1.09. The molecule has 0 atom stereocenters. The lowest BCUT2D eigenvalue weighted by molar-refractivity contribution is -0.126. The molecule has 1 aliphatic heterocycles. The second-order valence-electron chi connectivity index (χ2n) is 6.75. The van der Waals surface area contributed by atoms with Crippen molar-refractivity contribution in [3.63, 3.8) is 0 Å². The first-order valence-electron chi connectivity index (χ1n) is 9.23. The number of carbonyl (C=O) groups is 1. The van der Waals surface area contributed by atoms with E-state index >= 15 is 0 Å². The van der Waals surface area contributed by atoms with Crippen molar-refractivity contribution in [1.29, 1.82) is 0 Å². The zero-order valence-corrected chi connectivity index (χ0v) is 15.9. The number of amides is 1. The third-order valence-electron chi connectivity index (χ3n) is 4.77. The van der Waals surface area contributed by atoms with Crippen molar-refractivity contribution in [3.05, 3.63) is 64.9 Å². The largest absolute Gasteiger partial charge is 0.490 e. The molecule has 0 saturated carbocycles. The highest BCUT2D eigenvalue weighted by atomic mass is 35.5. The standard InChI is InChI=1S/C21H24ClFN2O2/c22-19-3-1-2-4-20(19)27-14-11-24-21(26)17-9-12-25(13-10-17)15-16-5-7-18(23)8-6-16/h1-8,17H,9-15H2,(H,24,26). The lowest BCUT2D eigenvalue weighted by Gasteiger charge is -2.31. The average molecular weight is 391 g/mol. The first kappa shape index (κ1) is 19.6. The maximum Gasteiger partial charge on any atom is 0.223 e. The van der Waals surface area contributed by atoms with Gasteiger partial charge in [-0.05, 0) is 55.8 Å². The predicted molar refractivity (Wildman–Crippen MR) is 104 cm³/mol. The number of nitrogens with zero attached hydrogens (tertiary/aromatic N) is 1. The van der Waals surface area contributed by atoms with Crippen molar-refractivity contribution < 1.29 is 13.9 Å². The molecule has 2 aromatic carbocycles. The van der Waals surface area contributed by atoms with Gasteiger partial charge in [-0.15, -0.1) is 0 Å². The van der Waals surface area contributed by atoms with Crippen molar-refractivity contribution in [2.75, 3.05) is 26.2 Å². The second-order valence-corrected chi connectivity index (χ2v) is 7.15. The van der Waals surface area contributed by atoms with Gasteiger partial charge in [-0.3, -0.25) is 9.69 Å². The van der Waals surface area contributed by atoms with E-state index in [1.165, 1.54) is 12.1 Å². The highest BCUT2D eigenvalue weighted by molar-refractivity contribution is 6.32. The summed E-state index contributed by atoms with van der Waals surface area (Å²) in [5.74, 6) is 0.532. The molecule has 0 bridgehead atoms. The Balaban J connectivity index is 1.34. The monoisotopic (exact) mass is 390 g/mol. The van der Waals surface area contributed by atoms with Gasteiger partial charge >= 0.3 is 0 Å². The number of hydrogen-bond acceptors (Lipinski definition) is 3. The van der Waals surface area contributed by atoms with Crippen molar-refractivity contribution in [3.8, 4) is 5.75 Å². The quantitative estimate of drug-likeness (QED) is 0.729. The van der Waals surface area contributed by atoms with Gasteiger partial charge in [-0.25, -0.2) is 4.39 Å². The number of halogens is 2. The molecule has 1 amide bonds. The minimum absolute atomic E-state index is 0.0368. The molecule has 1 saturated heterocycles. The van der Waals surface area contributed by atoms with Gasteiger partial charge in [0.2, 0.25) is 5.91 Å². The Hall–Kier alpha value is -2.11. The van der Waals surface area contributed by atoms with E-state index in [-0.39, 0.29) is 17.6 Å². The van der Waals surface area contributed by atoms with E-state index in [1.807, 2.05) is 24.3 Å². The predicted octanol–water partition coefficient (Wildman–Crippen LogP) is 3.89. The third-order valence-corrected chi connectivity index (χ3v) is 5.09. The molecule has 4 nitrogen and oxygen atoms in total. The minimum atomic E-state index is -0.215. The van der Waals surface area contributed by atoms with Crippen molar-refractivity contribution in [2.24, 2.45) is 5.92 Å². The van der Waals surface area contributed by atoms with Crippen LogP contribution in [0.5, 0.6) is 5.75 Å². The van der Waals surface area contributed by atoms with Gasteiger partial charge in [0.15, 0.2) is 0 Å². The van der Waals surface area contributed by atoms with E-state index < -0.39 is 0 Å². The maximum absolute atomic E-state index is 13.0. The van der Waals surface area contributed by atoms with E-state index in [4.69, 9.17) is 16.3 Å². The molecule has 6 heteroatoms. The van der Waals surface area contributed by atoms with Gasteiger partial charge in [0.1, 0.15) is 18.2 Å². The summed E-state index contributed by atoms with van der Waals surface area (Å²) >= 11 is 6.03. The molecular weight excluding hydrogens is 367 g/mol. The molecule has 0 unspecified atom stereocenters. The number of ether oxygens (including phenoxy) is 1. The summed E-state index contributed by atoms with van der Waals surface area (Å²) in [6.45, 7) is 3.37. The van der Waals surface area contributed by atoms with Crippen LogP contribution in [-0.2, 0) is 11.3 Å². The number of likely N-dealkylation sites (tertiary alicyclic amines) is 1. The second kappa shape index (κ2) is 9.72. The molecule has 144 valence electrons. The molecule has 0 aromatic heterocycles. The fraction of sp³-hybridized carbons (Fsp3) is 0.381. The van der Waals surface area contributed by atoms with Crippen molar-refractivity contribution >= 4 is 17.5 Å². The Morgan fingerprint density at radius 1 is 1.15 bits per heavy atom. The number of rotatable bonds is 7. The van der Waals surface area contributed by atoms with E-state index in [0.717, 1.165) is 38.0 Å². The molecule has 2 aromatic rings. The number of hydrogen-bond donors (Lipinski definition) is 1. The molecule has 3 rings (SSSR count). The number of carbonyl (C=O) groups excluding carboxylic acids is 1. The van der Waals surface area contributed by atoms with Gasteiger partial charge < -0.3 is 10.1 Å². The van der Waals surface area contributed by atoms with Crippen LogP contribution in [0.15, 0.2) is 48.5 Å². The highest BCUT2D eigenvalue weighted by Crippen LogP contribution is 2.23. The summed E-state index contributed by atoms with van der Waals surface area (Å²) in [7, 11) is 0. The SMILES string of the molecule is O=C(NCCOc1ccccc1Cl)C1CCN(Cc2ccc(F)cc2)CC1. The van der Waals surface area contributed by atoms with E-state index in [9.17, 15) is 9.18 Å². The zero-order valence-electron chi connectivity index (χ0n) is 15.2. The van der Waals surface area contributed by atoms with Gasteiger partial charge in [0.25, 0.3) is 0 Å². The molecule has 0 aliphatic carbocycles. The number of para-hydroxylation sites is 1. The Kier molecular flexibility index (Phi) is 7.07. The Morgan fingerprint density at radius 3 is 2.56 bits per heavy atom. The van der Waals surface area contributed by atoms with Crippen LogP contribution in [0.2, 0.25) is 5.02 Å². The summed E-state index contributed by atoms with van der Waals surface area (Å²) < 4.78 is 18.6. The number of benzene rings is 2. The lowest BCUT2D eigenvalue weighted by atomic mass is 9.95. The lowest BCUT2D eigenvalue weighted by Crippen LogP contribution is -2.41. The first-order valence-corrected chi connectivity index (χ1v) is 9.61. The zero-order chi connectivity index (χ0) is 19.1. The maximum atomic E-state index is 13.0. The van der Waals surface area contributed by atoms with Gasteiger partial charge in [0.05, 0.1) is 11.6 Å². The normalized spacial score (nSPS) is 15.5. The van der Waals surface area contributed by atoms with Crippen LogP contribution in [0.3, 0.4) is 0 Å². The van der Waals surface area contributed by atoms with Gasteiger partial charge in [0, 0.05) is 12.5 Å². The van der Waals surface area contributed by atoms with Gasteiger partial charge in [-0.2, -0.15) is 0 Å². The number of piperidine rings is 1. The Bertz CT molecular complexity index is 746. The average Bonchev–Trinajstić information content (AvgIpc) is 2.69. The molecule has 1 N–H and O–H groups in total. The van der Waals surface area contributed by atoms with Gasteiger partial charge in [-0.1, -0.05) is 35.9 Å². The van der Waals surface area contributed by atoms with E-state index in [1.54, 1.807) is 12.1 Å². The summed E-state index contributed by atoms with van der Waals surface area (Å²) in [6.07, 6.45) is 1.66. The minimum Gasteiger partial charge on any atom is -0.490 e. The third kappa shape index (κ3) is 5.94. The van der Waals surface area contributed by atoms with Crippen LogP contribution < -0.4 is 10.1 Å². The first-order chi connectivity index (χ1) is 13.1. The van der Waals surface area contributed by atoms with E-state index in [0.29, 0.717) is 23.9 Å². The molecule has 1 heterocycles. The summed E-state index contributed by atoms with van der Waals surface area (Å²) in [4.78, 5) is 14.6. The highest BCUT2D eigenvalue weighted by Gasteiger charge is 2.24. The van der Waals surface area contributed by atoms with Crippen LogP contribution in [0.25, 0.3) is 0 Å². The molecule has 1 aliphatic rings. The molecule has 27 heavy (non-hydrogen) atoms. The van der Waals surface area contributed by atoms with Crippen LogP contribution in [-0.4, -0.2) is 37.0 Å². The summed E-state index contributed by atoms with van der Waals surface area (Å²) in [5, 5.41) is 3.51. The molecule has 0 radical (unpaired) electrons. The topological polar surface area (TPSA) is 41.6 Å². The molecule has 1 fully saturated rings. The van der Waals surface area contributed by atoms with Crippen molar-refractivity contribution in [1.82, 2.24) is 10.2 Å². The summed E-state index contributed by atoms with van der Waals surface area (Å²) in [6, 6.07) is 13.9. The molecule has 0 spiro atoms. The fourth-order valence-electron chi connectivity index (χ4n) is 3.24.